The van der Waals surface area contributed by atoms with Crippen LogP contribution in [-0.2, 0) is 14.8 Å². The average Bonchev–Trinajstić information content (AvgIpc) is 3.29. The number of nitrogens with one attached hydrogen (secondary N) is 1. The lowest BCUT2D eigenvalue weighted by Gasteiger charge is -2.20. The first-order valence-corrected chi connectivity index (χ1v) is 12.3. The van der Waals surface area contributed by atoms with Crippen molar-refractivity contribution in [3.05, 3.63) is 43.8 Å². The quantitative estimate of drug-likeness (QED) is 0.391. The van der Waals surface area contributed by atoms with E-state index in [2.05, 4.69) is 9.88 Å². The molecule has 176 valence electrons. The Bertz CT molecular complexity index is 1400. The third-order valence-electron chi connectivity index (χ3n) is 5.69. The minimum Gasteiger partial charge on any atom is -0.426 e. The zero-order chi connectivity index (χ0) is 24.8. The number of sulfonamides is 1. The maximum Gasteiger partial charge on any atom is 0.308 e. The molecule has 0 spiro atoms. The predicted molar refractivity (Wildman–Crippen MR) is 125 cm³/mol. The van der Waals surface area contributed by atoms with E-state index >= 15 is 0 Å². The van der Waals surface area contributed by atoms with Gasteiger partial charge in [0.05, 0.1) is 5.69 Å². The fraction of sp³-hybridized carbons (Fsp3) is 0.318. The molecule has 0 aliphatic heterocycles. The first kappa shape index (κ1) is 24.5. The van der Waals surface area contributed by atoms with Crippen molar-refractivity contribution in [2.24, 2.45) is 5.73 Å². The Labute approximate surface area is 196 Å². The summed E-state index contributed by atoms with van der Waals surface area (Å²) >= 11 is 0.925. The van der Waals surface area contributed by atoms with Gasteiger partial charge in [-0.1, -0.05) is 5.16 Å². The molecule has 11 heteroatoms. The standard InChI is InChI=1S/C22H25N3O6S2/c1-9-10(2)17(13(5)18(11(9)3)30-15(7)26)16-8-32-19(21(23)27)20(16)33(28,29)25-22-12(4)14(6)24-31-22/h8,25H,1-7H3,(H2,23,27). The van der Waals surface area contributed by atoms with Crippen molar-refractivity contribution in [2.45, 2.75) is 53.4 Å². The van der Waals surface area contributed by atoms with E-state index in [4.69, 9.17) is 15.0 Å². The lowest BCUT2D eigenvalue weighted by molar-refractivity contribution is -0.131. The third-order valence-corrected chi connectivity index (χ3v) is 8.23. The van der Waals surface area contributed by atoms with Gasteiger partial charge in [0.15, 0.2) is 0 Å². The number of carbonyl (C=O) groups excluding carboxylic acids is 2. The van der Waals surface area contributed by atoms with Crippen LogP contribution >= 0.6 is 11.3 Å². The van der Waals surface area contributed by atoms with Crippen LogP contribution in [0.3, 0.4) is 0 Å². The van der Waals surface area contributed by atoms with Crippen LogP contribution in [0.5, 0.6) is 5.75 Å². The number of anilines is 1. The summed E-state index contributed by atoms with van der Waals surface area (Å²) in [4.78, 5) is 23.5. The predicted octanol–water partition coefficient (Wildman–Crippen LogP) is 4.08. The average molecular weight is 492 g/mol. The van der Waals surface area contributed by atoms with Gasteiger partial charge in [0.2, 0.25) is 5.88 Å². The molecule has 0 atom stereocenters. The van der Waals surface area contributed by atoms with Crippen molar-refractivity contribution in [3.63, 3.8) is 0 Å². The van der Waals surface area contributed by atoms with Crippen LogP contribution in [0.4, 0.5) is 5.88 Å². The number of hydrogen-bond acceptors (Lipinski definition) is 8. The molecule has 3 aromatic rings. The largest absolute Gasteiger partial charge is 0.426 e. The minimum absolute atomic E-state index is 0.0470. The zero-order valence-corrected chi connectivity index (χ0v) is 21.0. The van der Waals surface area contributed by atoms with Crippen molar-refractivity contribution >= 4 is 39.1 Å². The number of hydrogen-bond donors (Lipinski definition) is 2. The van der Waals surface area contributed by atoms with Crippen LogP contribution in [0.15, 0.2) is 14.8 Å². The molecule has 9 nitrogen and oxygen atoms in total. The van der Waals surface area contributed by atoms with Crippen LogP contribution in [0.2, 0.25) is 0 Å². The van der Waals surface area contributed by atoms with E-state index in [1.165, 1.54) is 6.92 Å². The number of benzene rings is 1. The molecule has 0 aliphatic carbocycles. The topological polar surface area (TPSA) is 142 Å². The first-order valence-electron chi connectivity index (χ1n) is 9.94. The smallest absolute Gasteiger partial charge is 0.308 e. The Morgan fingerprint density at radius 3 is 2.18 bits per heavy atom. The SMILES string of the molecule is CC(=O)Oc1c(C)c(C)c(C)c(-c2csc(C(N)=O)c2S(=O)(=O)Nc2onc(C)c2C)c1C. The van der Waals surface area contributed by atoms with Crippen LogP contribution < -0.4 is 15.2 Å². The second kappa shape index (κ2) is 8.64. The summed E-state index contributed by atoms with van der Waals surface area (Å²) < 4.78 is 39.9. The number of ether oxygens (including phenoxy) is 1. The fourth-order valence-electron chi connectivity index (χ4n) is 3.66. The van der Waals surface area contributed by atoms with Gasteiger partial charge in [0.1, 0.15) is 15.5 Å². The first-order chi connectivity index (χ1) is 15.3. The molecule has 33 heavy (non-hydrogen) atoms. The molecule has 0 aliphatic rings. The monoisotopic (exact) mass is 491 g/mol. The van der Waals surface area contributed by atoms with Crippen LogP contribution in [0, 0.1) is 41.5 Å². The number of amides is 1. The fourth-order valence-corrected chi connectivity index (χ4v) is 6.34. The van der Waals surface area contributed by atoms with E-state index in [1.54, 1.807) is 26.2 Å². The molecule has 3 N–H and O–H groups in total. The molecule has 0 unspecified atom stereocenters. The molecule has 0 fully saturated rings. The number of aromatic nitrogens is 1. The molecule has 2 aromatic heterocycles. The third kappa shape index (κ3) is 4.25. The van der Waals surface area contributed by atoms with Crippen LogP contribution in [0.1, 0.15) is 50.1 Å². The lowest BCUT2D eigenvalue weighted by atomic mass is 9.90. The van der Waals surface area contributed by atoms with Crippen molar-refractivity contribution < 1.29 is 27.3 Å². The molecule has 1 amide bonds. The van der Waals surface area contributed by atoms with Crippen molar-refractivity contribution in [3.8, 4) is 16.9 Å². The number of primary amides is 1. The molecule has 0 saturated heterocycles. The van der Waals surface area contributed by atoms with Gasteiger partial charge >= 0.3 is 5.97 Å². The van der Waals surface area contributed by atoms with Gasteiger partial charge < -0.3 is 15.0 Å². The van der Waals surface area contributed by atoms with E-state index in [1.807, 2.05) is 20.8 Å². The molecular weight excluding hydrogens is 466 g/mol. The summed E-state index contributed by atoms with van der Waals surface area (Å²) in [6.07, 6.45) is 0. The van der Waals surface area contributed by atoms with E-state index in [9.17, 15) is 18.0 Å². The summed E-state index contributed by atoms with van der Waals surface area (Å²) in [6, 6.07) is 0. The van der Waals surface area contributed by atoms with E-state index in [0.29, 0.717) is 28.1 Å². The molecule has 2 heterocycles. The molecule has 0 radical (unpaired) electrons. The number of esters is 1. The molecule has 1 aromatic carbocycles. The molecule has 0 saturated carbocycles. The van der Waals surface area contributed by atoms with Gasteiger partial charge in [0, 0.05) is 29.0 Å². The molecule has 0 bridgehead atoms. The Kier molecular flexibility index (Phi) is 6.40. The highest BCUT2D eigenvalue weighted by molar-refractivity contribution is 7.93. The van der Waals surface area contributed by atoms with Crippen molar-refractivity contribution in [1.29, 1.82) is 0 Å². The summed E-state index contributed by atoms with van der Waals surface area (Å²) in [7, 11) is -4.31. The highest BCUT2D eigenvalue weighted by Crippen LogP contribution is 2.44. The number of nitrogens with two attached hydrogens (primary N) is 1. The van der Waals surface area contributed by atoms with Gasteiger partial charge in [-0.05, 0) is 63.8 Å². The Hall–Kier alpha value is -3.18. The highest BCUT2D eigenvalue weighted by atomic mass is 32.2. The Morgan fingerprint density at radius 1 is 1.03 bits per heavy atom. The second-order valence-corrected chi connectivity index (χ2v) is 10.3. The second-order valence-electron chi connectivity index (χ2n) is 7.80. The summed E-state index contributed by atoms with van der Waals surface area (Å²) in [5, 5.41) is 5.33. The van der Waals surface area contributed by atoms with Gasteiger partial charge in [-0.25, -0.2) is 13.1 Å². The number of thiophene rings is 1. The van der Waals surface area contributed by atoms with E-state index in [0.717, 1.165) is 28.0 Å². The van der Waals surface area contributed by atoms with Crippen LogP contribution in [0.25, 0.3) is 11.1 Å². The van der Waals surface area contributed by atoms with E-state index in [-0.39, 0.29) is 21.2 Å². The summed E-state index contributed by atoms with van der Waals surface area (Å²) in [5.74, 6) is -1.07. The van der Waals surface area contributed by atoms with Gasteiger partial charge in [0.25, 0.3) is 15.9 Å². The summed E-state index contributed by atoms with van der Waals surface area (Å²) in [6.45, 7) is 11.9. The molecular formula is C22H25N3O6S2. The van der Waals surface area contributed by atoms with Crippen molar-refractivity contribution in [1.82, 2.24) is 5.16 Å². The zero-order valence-electron chi connectivity index (χ0n) is 19.4. The van der Waals surface area contributed by atoms with Gasteiger partial charge in [-0.15, -0.1) is 11.3 Å². The maximum atomic E-state index is 13.5. The Morgan fingerprint density at radius 2 is 1.67 bits per heavy atom. The van der Waals surface area contributed by atoms with Crippen LogP contribution in [-0.4, -0.2) is 25.5 Å². The Balaban J connectivity index is 2.33. The maximum absolute atomic E-state index is 13.5. The van der Waals surface area contributed by atoms with Gasteiger partial charge in [-0.3, -0.25) is 9.59 Å². The number of rotatable bonds is 6. The molecule has 3 rings (SSSR count). The lowest BCUT2D eigenvalue weighted by Crippen LogP contribution is -2.19. The summed E-state index contributed by atoms with van der Waals surface area (Å²) in [5.41, 5.74) is 10.4. The number of carbonyl (C=O) groups is 2. The van der Waals surface area contributed by atoms with E-state index < -0.39 is 21.9 Å². The number of nitrogens with zero attached hydrogens (tertiary/aromatic N) is 1. The van der Waals surface area contributed by atoms with Crippen molar-refractivity contribution in [2.75, 3.05) is 4.72 Å². The van der Waals surface area contributed by atoms with Gasteiger partial charge in [-0.2, -0.15) is 0 Å². The normalized spacial score (nSPS) is 11.5. The minimum atomic E-state index is -4.31. The number of aryl methyl sites for hydroxylation is 1. The highest BCUT2D eigenvalue weighted by Gasteiger charge is 2.32.